The van der Waals surface area contributed by atoms with Gasteiger partial charge in [-0.2, -0.15) is 0 Å². The maximum absolute atomic E-state index is 13.6. The molecule has 2 aromatic heterocycles. The molecule has 0 N–H and O–H groups in total. The summed E-state index contributed by atoms with van der Waals surface area (Å²) in [4.78, 5) is 25.0. The molecule has 5 rings (SSSR count). The molecule has 3 aromatic rings. The van der Waals surface area contributed by atoms with Crippen molar-refractivity contribution < 1.29 is 13.2 Å². The number of fused-ring (bicyclic) bond motifs is 1. The number of imidazole rings is 1. The summed E-state index contributed by atoms with van der Waals surface area (Å²) in [7, 11) is -3.06. The number of likely N-dealkylation sites (tertiary alicyclic amines) is 1. The van der Waals surface area contributed by atoms with Crippen LogP contribution in [0.4, 0.5) is 0 Å². The van der Waals surface area contributed by atoms with Crippen LogP contribution in [0.25, 0.3) is 22.3 Å². The quantitative estimate of drug-likeness (QED) is 0.606. The van der Waals surface area contributed by atoms with Crippen molar-refractivity contribution >= 4 is 26.8 Å². The van der Waals surface area contributed by atoms with Gasteiger partial charge in [0.15, 0.2) is 15.5 Å². The molecule has 2 aliphatic rings. The summed E-state index contributed by atoms with van der Waals surface area (Å²) in [6.07, 6.45) is 2.67. The lowest BCUT2D eigenvalue weighted by Crippen LogP contribution is -2.39. The molecule has 2 saturated heterocycles. The minimum atomic E-state index is -3.06. The molecule has 1 aromatic carbocycles. The number of rotatable bonds is 3. The van der Waals surface area contributed by atoms with Gasteiger partial charge in [0, 0.05) is 18.7 Å². The van der Waals surface area contributed by atoms with Crippen molar-refractivity contribution in [2.24, 2.45) is 5.92 Å². The maximum Gasteiger partial charge on any atom is 0.274 e. The van der Waals surface area contributed by atoms with E-state index in [9.17, 15) is 13.2 Å². The molecule has 0 spiro atoms. The first-order valence-electron chi connectivity index (χ1n) is 11.3. The highest BCUT2D eigenvalue weighted by Gasteiger charge is 2.33. The van der Waals surface area contributed by atoms with Gasteiger partial charge in [0.25, 0.3) is 5.91 Å². The Kier molecular flexibility index (Phi) is 5.28. The van der Waals surface area contributed by atoms with Gasteiger partial charge in [0.2, 0.25) is 0 Å². The third-order valence-electron chi connectivity index (χ3n) is 6.64. The van der Waals surface area contributed by atoms with E-state index in [0.717, 1.165) is 42.8 Å². The summed E-state index contributed by atoms with van der Waals surface area (Å²) in [6.45, 7) is 5.49. The molecule has 1 amide bonds. The van der Waals surface area contributed by atoms with Crippen LogP contribution >= 0.6 is 0 Å². The van der Waals surface area contributed by atoms with Crippen molar-refractivity contribution in [1.29, 1.82) is 0 Å². The molecule has 2 unspecified atom stereocenters. The lowest BCUT2D eigenvalue weighted by Gasteiger charge is -2.30. The SMILES string of the molecule is Cc1nc2c(C(=O)N3CCCC(C)C3)nc(-c3ccccc3)cc2n1C1CCS(=O)(=O)C1. The van der Waals surface area contributed by atoms with Crippen LogP contribution in [0.1, 0.15) is 48.5 Å². The number of amides is 1. The highest BCUT2D eigenvalue weighted by Crippen LogP contribution is 2.33. The Morgan fingerprint density at radius 1 is 1.12 bits per heavy atom. The van der Waals surface area contributed by atoms with Crippen molar-refractivity contribution in [2.45, 2.75) is 39.2 Å². The van der Waals surface area contributed by atoms with Gasteiger partial charge < -0.3 is 9.47 Å². The topological polar surface area (TPSA) is 85.2 Å². The molecule has 0 aliphatic carbocycles. The van der Waals surface area contributed by atoms with Crippen LogP contribution in [0.3, 0.4) is 0 Å². The first-order chi connectivity index (χ1) is 15.3. The Labute approximate surface area is 188 Å². The molecule has 8 heteroatoms. The van der Waals surface area contributed by atoms with E-state index >= 15 is 0 Å². The number of carbonyl (C=O) groups excluding carboxylic acids is 1. The third-order valence-corrected chi connectivity index (χ3v) is 8.39. The second-order valence-electron chi connectivity index (χ2n) is 9.17. The summed E-state index contributed by atoms with van der Waals surface area (Å²) in [5.41, 5.74) is 3.33. The van der Waals surface area contributed by atoms with Crippen LogP contribution in [0, 0.1) is 12.8 Å². The predicted molar refractivity (Wildman–Crippen MR) is 124 cm³/mol. The molecule has 0 saturated carbocycles. The zero-order chi connectivity index (χ0) is 22.5. The first kappa shape index (κ1) is 21.1. The number of pyridine rings is 1. The summed E-state index contributed by atoms with van der Waals surface area (Å²) >= 11 is 0. The molecule has 0 radical (unpaired) electrons. The fraction of sp³-hybridized carbons (Fsp3) is 0.458. The van der Waals surface area contributed by atoms with Crippen LogP contribution < -0.4 is 0 Å². The van der Waals surface area contributed by atoms with Crippen LogP contribution in [-0.2, 0) is 9.84 Å². The zero-order valence-corrected chi connectivity index (χ0v) is 19.3. The Morgan fingerprint density at radius 3 is 2.59 bits per heavy atom. The number of hydrogen-bond donors (Lipinski definition) is 0. The van der Waals surface area contributed by atoms with E-state index in [0.29, 0.717) is 29.2 Å². The molecular formula is C24H28N4O3S. The van der Waals surface area contributed by atoms with Gasteiger partial charge in [-0.1, -0.05) is 37.3 Å². The van der Waals surface area contributed by atoms with Crippen LogP contribution in [0.2, 0.25) is 0 Å². The number of carbonyl (C=O) groups is 1. The standard InChI is InChI=1S/C24H28N4O3S/c1-16-7-6-11-27(14-16)24(29)23-22-21(13-20(26-23)18-8-4-3-5-9-18)28(17(2)25-22)19-10-12-32(30,31)15-19/h3-5,8-9,13,16,19H,6-7,10-12,14-15H2,1-2H3. The van der Waals surface area contributed by atoms with Crippen molar-refractivity contribution in [3.05, 3.63) is 47.9 Å². The van der Waals surface area contributed by atoms with E-state index in [-0.39, 0.29) is 23.5 Å². The minimum Gasteiger partial charge on any atom is -0.337 e. The molecule has 4 heterocycles. The summed E-state index contributed by atoms with van der Waals surface area (Å²) in [5, 5.41) is 0. The van der Waals surface area contributed by atoms with Gasteiger partial charge in [0.05, 0.1) is 28.8 Å². The van der Waals surface area contributed by atoms with Crippen molar-refractivity contribution in [1.82, 2.24) is 19.4 Å². The minimum absolute atomic E-state index is 0.0944. The normalized spacial score (nSPS) is 23.0. The van der Waals surface area contributed by atoms with E-state index in [4.69, 9.17) is 9.97 Å². The third kappa shape index (κ3) is 3.81. The number of sulfone groups is 1. The molecule has 32 heavy (non-hydrogen) atoms. The summed E-state index contributed by atoms with van der Waals surface area (Å²) in [6, 6.07) is 11.6. The molecule has 0 bridgehead atoms. The second-order valence-corrected chi connectivity index (χ2v) is 11.4. The van der Waals surface area contributed by atoms with Gasteiger partial charge in [-0.25, -0.2) is 18.4 Å². The van der Waals surface area contributed by atoms with Crippen molar-refractivity contribution in [3.63, 3.8) is 0 Å². The molecule has 168 valence electrons. The smallest absolute Gasteiger partial charge is 0.274 e. The Hall–Kier alpha value is -2.74. The Balaban J connectivity index is 1.69. The number of benzene rings is 1. The maximum atomic E-state index is 13.6. The lowest BCUT2D eigenvalue weighted by molar-refractivity contribution is 0.0679. The molecule has 7 nitrogen and oxygen atoms in total. The zero-order valence-electron chi connectivity index (χ0n) is 18.5. The lowest BCUT2D eigenvalue weighted by atomic mass is 10.00. The number of nitrogens with zero attached hydrogens (tertiary/aromatic N) is 4. The Morgan fingerprint density at radius 2 is 1.91 bits per heavy atom. The number of piperidine rings is 1. The van der Waals surface area contributed by atoms with Gasteiger partial charge in [0.1, 0.15) is 11.3 Å². The van der Waals surface area contributed by atoms with E-state index < -0.39 is 9.84 Å². The van der Waals surface area contributed by atoms with Gasteiger partial charge >= 0.3 is 0 Å². The highest BCUT2D eigenvalue weighted by molar-refractivity contribution is 7.91. The van der Waals surface area contributed by atoms with E-state index in [2.05, 4.69) is 6.92 Å². The predicted octanol–water partition coefficient (Wildman–Crippen LogP) is 3.64. The van der Waals surface area contributed by atoms with Crippen LogP contribution in [-0.4, -0.2) is 58.4 Å². The Bertz CT molecular complexity index is 1280. The molecule has 2 aliphatic heterocycles. The summed E-state index contributed by atoms with van der Waals surface area (Å²) in [5.74, 6) is 1.38. The van der Waals surface area contributed by atoms with E-state index in [1.165, 1.54) is 0 Å². The van der Waals surface area contributed by atoms with Crippen LogP contribution in [0.5, 0.6) is 0 Å². The average Bonchev–Trinajstić information content (AvgIpc) is 3.30. The molecule has 2 fully saturated rings. The van der Waals surface area contributed by atoms with Gasteiger partial charge in [-0.15, -0.1) is 0 Å². The number of hydrogen-bond acceptors (Lipinski definition) is 5. The number of aromatic nitrogens is 3. The van der Waals surface area contributed by atoms with E-state index in [1.807, 2.05) is 52.8 Å². The average molecular weight is 453 g/mol. The van der Waals surface area contributed by atoms with E-state index in [1.54, 1.807) is 0 Å². The highest BCUT2D eigenvalue weighted by atomic mass is 32.2. The largest absolute Gasteiger partial charge is 0.337 e. The molecule has 2 atom stereocenters. The first-order valence-corrected chi connectivity index (χ1v) is 13.1. The fourth-order valence-corrected chi connectivity index (χ4v) is 6.78. The van der Waals surface area contributed by atoms with Gasteiger partial charge in [-0.05, 0) is 38.2 Å². The van der Waals surface area contributed by atoms with Crippen molar-refractivity contribution in [3.8, 4) is 11.3 Å². The number of aryl methyl sites for hydroxylation is 1. The van der Waals surface area contributed by atoms with Crippen LogP contribution in [0.15, 0.2) is 36.4 Å². The van der Waals surface area contributed by atoms with Crippen molar-refractivity contribution in [2.75, 3.05) is 24.6 Å². The molecular weight excluding hydrogens is 424 g/mol. The fourth-order valence-electron chi connectivity index (χ4n) is 5.08. The second kappa shape index (κ2) is 7.99. The van der Waals surface area contributed by atoms with Gasteiger partial charge in [-0.3, -0.25) is 4.79 Å². The monoisotopic (exact) mass is 452 g/mol. The summed E-state index contributed by atoms with van der Waals surface area (Å²) < 4.78 is 26.4.